The van der Waals surface area contributed by atoms with Gasteiger partial charge in [-0.15, -0.1) is 11.3 Å². The summed E-state index contributed by atoms with van der Waals surface area (Å²) in [6.45, 7) is 4.03. The van der Waals surface area contributed by atoms with Gasteiger partial charge in [0.2, 0.25) is 5.91 Å². The first kappa shape index (κ1) is 14.2. The van der Waals surface area contributed by atoms with Crippen molar-refractivity contribution < 1.29 is 4.79 Å². The molecule has 0 bridgehead atoms. The van der Waals surface area contributed by atoms with Gasteiger partial charge in [-0.2, -0.15) is 0 Å². The van der Waals surface area contributed by atoms with Crippen LogP contribution in [0.1, 0.15) is 29.0 Å². The molecule has 0 aliphatic carbocycles. The highest BCUT2D eigenvalue weighted by atomic mass is 32.1. The molecule has 0 radical (unpaired) electrons. The largest absolute Gasteiger partial charge is 0.337 e. The van der Waals surface area contributed by atoms with Gasteiger partial charge in [-0.1, -0.05) is 0 Å². The molecule has 1 atom stereocenters. The van der Waals surface area contributed by atoms with E-state index in [-0.39, 0.29) is 11.9 Å². The van der Waals surface area contributed by atoms with Crippen LogP contribution < -0.4 is 5.32 Å². The van der Waals surface area contributed by atoms with Crippen LogP contribution >= 0.6 is 11.3 Å². The van der Waals surface area contributed by atoms with Crippen molar-refractivity contribution in [3.05, 3.63) is 52.0 Å². The number of pyridine rings is 1. The quantitative estimate of drug-likeness (QED) is 0.943. The number of nitrogens with zero attached hydrogens (tertiary/aromatic N) is 2. The van der Waals surface area contributed by atoms with Gasteiger partial charge >= 0.3 is 0 Å². The molecule has 0 saturated heterocycles. The summed E-state index contributed by atoms with van der Waals surface area (Å²) < 4.78 is 0. The van der Waals surface area contributed by atoms with E-state index in [1.54, 1.807) is 23.7 Å². The molecule has 0 spiro atoms. The third kappa shape index (κ3) is 3.31. The van der Waals surface area contributed by atoms with E-state index >= 15 is 0 Å². The molecule has 2 aromatic rings. The van der Waals surface area contributed by atoms with Gasteiger partial charge < -0.3 is 10.2 Å². The zero-order valence-electron chi connectivity index (χ0n) is 12.1. The van der Waals surface area contributed by atoms with Gasteiger partial charge in [0.1, 0.15) is 0 Å². The maximum absolute atomic E-state index is 12.3. The van der Waals surface area contributed by atoms with Crippen molar-refractivity contribution in [1.82, 2.24) is 15.2 Å². The maximum atomic E-state index is 12.3. The number of hydrogen-bond acceptors (Lipinski definition) is 4. The zero-order valence-corrected chi connectivity index (χ0v) is 12.9. The van der Waals surface area contributed by atoms with E-state index in [0.717, 1.165) is 25.1 Å². The topological polar surface area (TPSA) is 45.2 Å². The Labute approximate surface area is 128 Å². The minimum atomic E-state index is 0.151. The van der Waals surface area contributed by atoms with Crippen LogP contribution in [-0.2, 0) is 17.8 Å². The van der Waals surface area contributed by atoms with Crippen LogP contribution in [-0.4, -0.2) is 28.9 Å². The third-order valence-corrected chi connectivity index (χ3v) is 4.95. The average Bonchev–Trinajstić information content (AvgIpc) is 3.00. The van der Waals surface area contributed by atoms with E-state index in [0.29, 0.717) is 6.54 Å². The summed E-state index contributed by atoms with van der Waals surface area (Å²) in [5, 5.41) is 5.41. The molecule has 0 saturated carbocycles. The fourth-order valence-corrected chi connectivity index (χ4v) is 3.47. The van der Waals surface area contributed by atoms with E-state index in [4.69, 9.17) is 0 Å². The molecule has 0 aromatic carbocycles. The van der Waals surface area contributed by atoms with Gasteiger partial charge in [0.25, 0.3) is 0 Å². The molecule has 1 amide bonds. The Hall–Kier alpha value is -1.72. The lowest BCUT2D eigenvalue weighted by Gasteiger charge is -2.27. The Morgan fingerprint density at radius 1 is 1.43 bits per heavy atom. The lowest BCUT2D eigenvalue weighted by atomic mass is 10.1. The molecule has 2 aromatic heterocycles. The molecular weight excluding hydrogens is 282 g/mol. The Morgan fingerprint density at radius 2 is 2.24 bits per heavy atom. The smallest absolute Gasteiger partial charge is 0.236 e. The van der Waals surface area contributed by atoms with Gasteiger partial charge in [-0.3, -0.25) is 9.78 Å². The molecule has 110 valence electrons. The molecule has 1 aliphatic heterocycles. The third-order valence-electron chi connectivity index (χ3n) is 3.93. The van der Waals surface area contributed by atoms with Crippen molar-refractivity contribution in [2.75, 3.05) is 13.1 Å². The molecule has 0 fully saturated rings. The Balaban J connectivity index is 1.53. The molecule has 3 heterocycles. The Kier molecular flexibility index (Phi) is 4.31. The number of aromatic nitrogens is 1. The summed E-state index contributed by atoms with van der Waals surface area (Å²) in [7, 11) is 0. The monoisotopic (exact) mass is 301 g/mol. The van der Waals surface area contributed by atoms with Crippen LogP contribution in [0.3, 0.4) is 0 Å². The van der Waals surface area contributed by atoms with Gasteiger partial charge in [-0.25, -0.2) is 0 Å². The van der Waals surface area contributed by atoms with Crippen LogP contribution in [0, 0.1) is 0 Å². The zero-order chi connectivity index (χ0) is 14.7. The second kappa shape index (κ2) is 6.37. The molecule has 21 heavy (non-hydrogen) atoms. The fourth-order valence-electron chi connectivity index (χ4n) is 2.58. The van der Waals surface area contributed by atoms with Crippen LogP contribution in [0.4, 0.5) is 0 Å². The number of nitrogens with one attached hydrogen (secondary N) is 1. The van der Waals surface area contributed by atoms with E-state index < -0.39 is 0 Å². The molecule has 5 heteroatoms. The number of carbonyl (C=O) groups excluding carboxylic acids is 1. The van der Waals surface area contributed by atoms with Gasteiger partial charge in [0.05, 0.1) is 6.54 Å². The van der Waals surface area contributed by atoms with Crippen molar-refractivity contribution >= 4 is 17.2 Å². The molecule has 1 aliphatic rings. The van der Waals surface area contributed by atoms with Gasteiger partial charge in [0.15, 0.2) is 0 Å². The summed E-state index contributed by atoms with van der Waals surface area (Å²) in [5.74, 6) is 0.174. The molecule has 4 nitrogen and oxygen atoms in total. The van der Waals surface area contributed by atoms with Crippen LogP contribution in [0.15, 0.2) is 36.0 Å². The van der Waals surface area contributed by atoms with E-state index in [9.17, 15) is 4.79 Å². The summed E-state index contributed by atoms with van der Waals surface area (Å²) in [5.41, 5.74) is 2.46. The van der Waals surface area contributed by atoms with Gasteiger partial charge in [0, 0.05) is 36.4 Å². The van der Waals surface area contributed by atoms with E-state index in [1.807, 2.05) is 17.0 Å². The minimum Gasteiger partial charge on any atom is -0.337 e. The fraction of sp³-hybridized carbons (Fsp3) is 0.375. The molecule has 3 rings (SSSR count). The highest BCUT2D eigenvalue weighted by Gasteiger charge is 2.21. The first-order valence-corrected chi connectivity index (χ1v) is 8.08. The summed E-state index contributed by atoms with van der Waals surface area (Å²) in [6, 6.07) is 6.23. The number of rotatable bonds is 4. The predicted octanol–water partition coefficient (Wildman–Crippen LogP) is 2.38. The standard InChI is InChI=1S/C16H19N3OS/c1-12(13-2-6-17-7-3-13)18-10-16(20)19-8-4-15-14(11-19)5-9-21-15/h2-3,5-7,9,12,18H,4,8,10-11H2,1H3/t12-/m1/s1. The second-order valence-electron chi connectivity index (χ2n) is 5.32. The van der Waals surface area contributed by atoms with Crippen LogP contribution in [0.25, 0.3) is 0 Å². The number of amides is 1. The maximum Gasteiger partial charge on any atom is 0.236 e. The number of carbonyl (C=O) groups is 1. The Bertz CT molecular complexity index is 611. The predicted molar refractivity (Wildman–Crippen MR) is 84.1 cm³/mol. The van der Waals surface area contributed by atoms with Crippen molar-refractivity contribution in [3.8, 4) is 0 Å². The average molecular weight is 301 g/mol. The van der Waals surface area contributed by atoms with Crippen LogP contribution in [0.5, 0.6) is 0 Å². The number of fused-ring (bicyclic) bond motifs is 1. The number of thiophene rings is 1. The van der Waals surface area contributed by atoms with Crippen molar-refractivity contribution in [3.63, 3.8) is 0 Å². The van der Waals surface area contributed by atoms with Gasteiger partial charge in [-0.05, 0) is 48.1 Å². The van der Waals surface area contributed by atoms with Crippen molar-refractivity contribution in [2.24, 2.45) is 0 Å². The second-order valence-corrected chi connectivity index (χ2v) is 6.32. The van der Waals surface area contributed by atoms with E-state index in [2.05, 4.69) is 28.7 Å². The number of hydrogen-bond donors (Lipinski definition) is 1. The van der Waals surface area contributed by atoms with E-state index in [1.165, 1.54) is 10.4 Å². The first-order chi connectivity index (χ1) is 10.2. The van der Waals surface area contributed by atoms with Crippen molar-refractivity contribution in [2.45, 2.75) is 25.9 Å². The highest BCUT2D eigenvalue weighted by Crippen LogP contribution is 2.23. The molecular formula is C16H19N3OS. The normalized spacial score (nSPS) is 15.6. The summed E-state index contributed by atoms with van der Waals surface area (Å²) in [4.78, 5) is 19.7. The van der Waals surface area contributed by atoms with Crippen molar-refractivity contribution in [1.29, 1.82) is 0 Å². The molecule has 0 unspecified atom stereocenters. The molecule has 1 N–H and O–H groups in total. The first-order valence-electron chi connectivity index (χ1n) is 7.20. The summed E-state index contributed by atoms with van der Waals surface area (Å²) in [6.07, 6.45) is 4.54. The van der Waals surface area contributed by atoms with Crippen LogP contribution in [0.2, 0.25) is 0 Å². The summed E-state index contributed by atoms with van der Waals surface area (Å²) >= 11 is 1.80. The highest BCUT2D eigenvalue weighted by molar-refractivity contribution is 7.10. The minimum absolute atomic E-state index is 0.151. The Morgan fingerprint density at radius 3 is 3.05 bits per heavy atom. The lowest BCUT2D eigenvalue weighted by Crippen LogP contribution is -2.41. The lowest BCUT2D eigenvalue weighted by molar-refractivity contribution is -0.131. The SMILES string of the molecule is C[C@@H](NCC(=O)N1CCc2sccc2C1)c1ccncc1.